The quantitative estimate of drug-likeness (QED) is 0.858. The zero-order chi connectivity index (χ0) is 14.2. The van der Waals surface area contributed by atoms with Crippen LogP contribution >= 0.6 is 0 Å². The lowest BCUT2D eigenvalue weighted by Gasteiger charge is -2.34. The Hall–Kier alpha value is -1.55. The number of ether oxygens (including phenoxy) is 1. The summed E-state index contributed by atoms with van der Waals surface area (Å²) in [6, 6.07) is 8.38. The Balaban J connectivity index is 1.95. The second-order valence-corrected chi connectivity index (χ2v) is 5.85. The molecule has 0 bridgehead atoms. The largest absolute Gasteiger partial charge is 0.467 e. The molecule has 2 saturated heterocycles. The van der Waals surface area contributed by atoms with E-state index < -0.39 is 5.54 Å². The summed E-state index contributed by atoms with van der Waals surface area (Å²) < 4.78 is 5.13. The van der Waals surface area contributed by atoms with Crippen molar-refractivity contribution in [2.45, 2.75) is 37.8 Å². The zero-order valence-corrected chi connectivity index (χ0v) is 12.2. The average Bonchev–Trinajstić information content (AvgIpc) is 3.04. The van der Waals surface area contributed by atoms with Crippen LogP contribution in [0.4, 0.5) is 5.69 Å². The van der Waals surface area contributed by atoms with Crippen LogP contribution in [0.3, 0.4) is 0 Å². The molecule has 4 heteroatoms. The number of carbonyl (C=O) groups excluding carboxylic acids is 1. The third-order valence-electron chi connectivity index (χ3n) is 4.78. The molecule has 20 heavy (non-hydrogen) atoms. The summed E-state index contributed by atoms with van der Waals surface area (Å²) in [5, 5.41) is 3.53. The van der Waals surface area contributed by atoms with E-state index >= 15 is 0 Å². The van der Waals surface area contributed by atoms with E-state index in [1.165, 1.54) is 13.5 Å². The molecule has 0 aromatic heterocycles. The number of anilines is 1. The van der Waals surface area contributed by atoms with Gasteiger partial charge in [-0.15, -0.1) is 0 Å². The third-order valence-corrected chi connectivity index (χ3v) is 4.78. The van der Waals surface area contributed by atoms with Crippen LogP contribution in [-0.2, 0) is 9.53 Å². The highest BCUT2D eigenvalue weighted by molar-refractivity contribution is 5.86. The molecule has 0 radical (unpaired) electrons. The Kier molecular flexibility index (Phi) is 3.42. The van der Waals surface area contributed by atoms with Gasteiger partial charge >= 0.3 is 5.97 Å². The monoisotopic (exact) mass is 274 g/mol. The predicted molar refractivity (Wildman–Crippen MR) is 78.8 cm³/mol. The number of nitrogens with one attached hydrogen (secondary N) is 1. The SMILES string of the molecule is COC(=O)C1(Nc2ccccc2C)CCN2CCCC21. The first-order chi connectivity index (χ1) is 9.67. The number of benzene rings is 1. The first-order valence-corrected chi connectivity index (χ1v) is 7.33. The highest BCUT2D eigenvalue weighted by Gasteiger charge is 2.55. The van der Waals surface area contributed by atoms with Gasteiger partial charge in [-0.05, 0) is 44.4 Å². The van der Waals surface area contributed by atoms with Crippen LogP contribution in [0.1, 0.15) is 24.8 Å². The molecule has 0 saturated carbocycles. The Bertz CT molecular complexity index is 517. The molecule has 0 spiro atoms. The molecule has 0 amide bonds. The highest BCUT2D eigenvalue weighted by Crippen LogP contribution is 2.39. The van der Waals surface area contributed by atoms with Crippen molar-refractivity contribution >= 4 is 11.7 Å². The number of aryl methyl sites for hydroxylation is 1. The van der Waals surface area contributed by atoms with Crippen molar-refractivity contribution in [1.29, 1.82) is 0 Å². The van der Waals surface area contributed by atoms with Crippen molar-refractivity contribution in [3.63, 3.8) is 0 Å². The number of nitrogens with zero attached hydrogens (tertiary/aromatic N) is 1. The molecular weight excluding hydrogens is 252 g/mol. The predicted octanol–water partition coefficient (Wildman–Crippen LogP) is 2.19. The minimum Gasteiger partial charge on any atom is -0.467 e. The van der Waals surface area contributed by atoms with Crippen molar-refractivity contribution in [2.75, 3.05) is 25.5 Å². The number of hydrogen-bond acceptors (Lipinski definition) is 4. The van der Waals surface area contributed by atoms with Crippen molar-refractivity contribution in [1.82, 2.24) is 4.90 Å². The molecule has 108 valence electrons. The van der Waals surface area contributed by atoms with Crippen LogP contribution in [-0.4, -0.2) is 42.6 Å². The van der Waals surface area contributed by atoms with E-state index in [1.54, 1.807) is 0 Å². The van der Waals surface area contributed by atoms with Crippen molar-refractivity contribution in [3.8, 4) is 0 Å². The fraction of sp³-hybridized carbons (Fsp3) is 0.562. The van der Waals surface area contributed by atoms with Gasteiger partial charge < -0.3 is 10.1 Å². The molecule has 2 unspecified atom stereocenters. The average molecular weight is 274 g/mol. The number of hydrogen-bond donors (Lipinski definition) is 1. The Morgan fingerprint density at radius 3 is 2.95 bits per heavy atom. The van der Waals surface area contributed by atoms with Crippen molar-refractivity contribution in [2.24, 2.45) is 0 Å². The lowest BCUT2D eigenvalue weighted by Crippen LogP contribution is -2.54. The zero-order valence-electron chi connectivity index (χ0n) is 12.2. The van der Waals surface area contributed by atoms with Crippen LogP contribution in [0.2, 0.25) is 0 Å². The van der Waals surface area contributed by atoms with Crippen LogP contribution in [0, 0.1) is 6.92 Å². The van der Waals surface area contributed by atoms with Crippen molar-refractivity contribution in [3.05, 3.63) is 29.8 Å². The molecule has 2 atom stereocenters. The van der Waals surface area contributed by atoms with Crippen LogP contribution in [0.15, 0.2) is 24.3 Å². The molecule has 4 nitrogen and oxygen atoms in total. The van der Waals surface area contributed by atoms with Crippen LogP contribution < -0.4 is 5.32 Å². The summed E-state index contributed by atoms with van der Waals surface area (Å²) in [7, 11) is 1.49. The lowest BCUT2D eigenvalue weighted by atomic mass is 9.88. The molecular formula is C16H22N2O2. The van der Waals surface area contributed by atoms with Gasteiger partial charge in [-0.1, -0.05) is 18.2 Å². The molecule has 2 fully saturated rings. The Morgan fingerprint density at radius 1 is 1.40 bits per heavy atom. The van der Waals surface area contributed by atoms with E-state index in [1.807, 2.05) is 18.2 Å². The normalized spacial score (nSPS) is 29.2. The third kappa shape index (κ3) is 1.99. The molecule has 0 aliphatic carbocycles. The van der Waals surface area contributed by atoms with E-state index in [0.29, 0.717) is 0 Å². The van der Waals surface area contributed by atoms with E-state index in [0.717, 1.165) is 37.2 Å². The highest BCUT2D eigenvalue weighted by atomic mass is 16.5. The Labute approximate surface area is 120 Å². The standard InChI is InChI=1S/C16H22N2O2/c1-12-6-3-4-7-13(12)17-16(15(19)20-2)9-11-18-10-5-8-14(16)18/h3-4,6-7,14,17H,5,8-11H2,1-2H3. The smallest absolute Gasteiger partial charge is 0.333 e. The minimum absolute atomic E-state index is 0.129. The summed E-state index contributed by atoms with van der Waals surface area (Å²) in [6.45, 7) is 4.13. The Morgan fingerprint density at radius 2 is 2.20 bits per heavy atom. The first-order valence-electron chi connectivity index (χ1n) is 7.33. The molecule has 2 aliphatic rings. The topological polar surface area (TPSA) is 41.6 Å². The summed E-state index contributed by atoms with van der Waals surface area (Å²) in [4.78, 5) is 14.9. The van der Waals surface area contributed by atoms with E-state index in [4.69, 9.17) is 4.74 Å². The first kappa shape index (κ1) is 13.4. The molecule has 1 aromatic rings. The molecule has 1 aromatic carbocycles. The van der Waals surface area contributed by atoms with Gasteiger partial charge in [0.25, 0.3) is 0 Å². The van der Waals surface area contributed by atoms with E-state index in [-0.39, 0.29) is 12.0 Å². The number of fused-ring (bicyclic) bond motifs is 1. The molecule has 3 rings (SSSR count). The second-order valence-electron chi connectivity index (χ2n) is 5.85. The number of para-hydroxylation sites is 1. The number of rotatable bonds is 3. The van der Waals surface area contributed by atoms with Gasteiger partial charge in [-0.2, -0.15) is 0 Å². The van der Waals surface area contributed by atoms with Gasteiger partial charge in [0.1, 0.15) is 0 Å². The summed E-state index contributed by atoms with van der Waals surface area (Å²) in [5.41, 5.74) is 1.61. The summed E-state index contributed by atoms with van der Waals surface area (Å²) in [5.74, 6) is -0.129. The number of esters is 1. The van der Waals surface area contributed by atoms with Gasteiger partial charge in [0, 0.05) is 18.3 Å². The number of carbonyl (C=O) groups is 1. The van der Waals surface area contributed by atoms with Gasteiger partial charge in [-0.3, -0.25) is 4.90 Å². The lowest BCUT2D eigenvalue weighted by molar-refractivity contribution is -0.146. The second kappa shape index (κ2) is 5.09. The summed E-state index contributed by atoms with van der Waals surface area (Å²) in [6.07, 6.45) is 3.05. The van der Waals surface area contributed by atoms with Gasteiger partial charge in [0.05, 0.1) is 7.11 Å². The van der Waals surface area contributed by atoms with E-state index in [9.17, 15) is 4.79 Å². The fourth-order valence-corrected chi connectivity index (χ4v) is 3.71. The van der Waals surface area contributed by atoms with Gasteiger partial charge in [-0.25, -0.2) is 4.79 Å². The molecule has 2 aliphatic heterocycles. The van der Waals surface area contributed by atoms with Gasteiger partial charge in [0.2, 0.25) is 0 Å². The number of methoxy groups -OCH3 is 1. The van der Waals surface area contributed by atoms with Gasteiger partial charge in [0.15, 0.2) is 5.54 Å². The maximum absolute atomic E-state index is 12.5. The van der Waals surface area contributed by atoms with Crippen LogP contribution in [0.25, 0.3) is 0 Å². The molecule has 1 N–H and O–H groups in total. The minimum atomic E-state index is -0.586. The maximum atomic E-state index is 12.5. The van der Waals surface area contributed by atoms with E-state index in [2.05, 4.69) is 23.2 Å². The van der Waals surface area contributed by atoms with Crippen molar-refractivity contribution < 1.29 is 9.53 Å². The van der Waals surface area contributed by atoms with Crippen LogP contribution in [0.5, 0.6) is 0 Å². The molecule has 2 heterocycles. The summed E-state index contributed by atoms with van der Waals surface area (Å²) >= 11 is 0. The maximum Gasteiger partial charge on any atom is 0.333 e. The fourth-order valence-electron chi connectivity index (χ4n) is 3.71.